The van der Waals surface area contributed by atoms with Crippen LogP contribution in [0.2, 0.25) is 0 Å². The van der Waals surface area contributed by atoms with Gasteiger partial charge in [-0.3, -0.25) is 19.0 Å². The van der Waals surface area contributed by atoms with Gasteiger partial charge in [0, 0.05) is 26.2 Å². The molecule has 0 radical (unpaired) electrons. The predicted octanol–water partition coefficient (Wildman–Crippen LogP) is 0.907. The Morgan fingerprint density at radius 2 is 1.62 bits per heavy atom. The van der Waals surface area contributed by atoms with Crippen molar-refractivity contribution in [1.29, 1.82) is 0 Å². The van der Waals surface area contributed by atoms with Gasteiger partial charge in [-0.05, 0) is 24.3 Å². The van der Waals surface area contributed by atoms with Gasteiger partial charge in [-0.1, -0.05) is 24.3 Å². The van der Waals surface area contributed by atoms with Crippen molar-refractivity contribution in [2.75, 3.05) is 32.8 Å². The second-order valence-corrected chi connectivity index (χ2v) is 7.74. The molecule has 1 unspecified atom stereocenters. The first-order chi connectivity index (χ1) is 15.6. The van der Waals surface area contributed by atoms with E-state index in [1.807, 2.05) is 24.3 Å². The zero-order chi connectivity index (χ0) is 22.1. The molecule has 1 aromatic heterocycles. The van der Waals surface area contributed by atoms with Crippen molar-refractivity contribution in [2.24, 2.45) is 0 Å². The number of fused-ring (bicyclic) bond motifs is 2. The summed E-state index contributed by atoms with van der Waals surface area (Å²) in [6.07, 6.45) is 0.533. The van der Waals surface area contributed by atoms with Crippen LogP contribution in [0.5, 0.6) is 11.5 Å². The fourth-order valence-corrected chi connectivity index (χ4v) is 4.03. The monoisotopic (exact) mass is 434 g/mol. The number of para-hydroxylation sites is 4. The van der Waals surface area contributed by atoms with E-state index >= 15 is 0 Å². The molecule has 9 heteroatoms. The third-order valence-electron chi connectivity index (χ3n) is 5.77. The lowest BCUT2D eigenvalue weighted by atomic mass is 10.2. The smallest absolute Gasteiger partial charge is 0.269 e. The van der Waals surface area contributed by atoms with Crippen molar-refractivity contribution >= 4 is 22.8 Å². The summed E-state index contributed by atoms with van der Waals surface area (Å²) in [6, 6.07) is 14.5. The van der Waals surface area contributed by atoms with Gasteiger partial charge in [-0.2, -0.15) is 0 Å². The van der Waals surface area contributed by atoms with Gasteiger partial charge in [0.15, 0.2) is 11.5 Å². The number of carbonyl (C=O) groups is 2. The number of aromatic nitrogens is 2. The Hall–Kier alpha value is -3.88. The van der Waals surface area contributed by atoms with Crippen molar-refractivity contribution in [3.63, 3.8) is 0 Å². The Kier molecular flexibility index (Phi) is 5.22. The van der Waals surface area contributed by atoms with E-state index in [0.29, 0.717) is 48.7 Å². The maximum absolute atomic E-state index is 12.9. The topological polar surface area (TPSA) is 94.0 Å². The van der Waals surface area contributed by atoms with E-state index in [9.17, 15) is 14.4 Å². The fourth-order valence-electron chi connectivity index (χ4n) is 4.03. The molecule has 1 fully saturated rings. The van der Waals surface area contributed by atoms with Gasteiger partial charge in [0.1, 0.15) is 13.2 Å². The van der Waals surface area contributed by atoms with E-state index in [2.05, 4.69) is 4.98 Å². The van der Waals surface area contributed by atoms with E-state index in [4.69, 9.17) is 9.47 Å². The number of carbonyl (C=O) groups excluding carboxylic acids is 2. The van der Waals surface area contributed by atoms with Crippen LogP contribution in [0.25, 0.3) is 11.0 Å². The zero-order valence-electron chi connectivity index (χ0n) is 17.3. The Balaban J connectivity index is 1.21. The first kappa shape index (κ1) is 20.0. The minimum absolute atomic E-state index is 0.0633. The van der Waals surface area contributed by atoms with Crippen molar-refractivity contribution in [3.05, 3.63) is 65.1 Å². The molecule has 0 bridgehead atoms. The molecule has 0 aliphatic carbocycles. The highest BCUT2D eigenvalue weighted by Gasteiger charge is 2.33. The van der Waals surface area contributed by atoms with Crippen molar-refractivity contribution in [2.45, 2.75) is 12.6 Å². The van der Waals surface area contributed by atoms with Crippen LogP contribution in [-0.2, 0) is 16.1 Å². The van der Waals surface area contributed by atoms with Crippen LogP contribution in [0.1, 0.15) is 0 Å². The molecule has 2 aromatic carbocycles. The molecule has 0 spiro atoms. The molecule has 2 amide bonds. The minimum Gasteiger partial charge on any atom is -0.485 e. The first-order valence-corrected chi connectivity index (χ1v) is 10.5. The summed E-state index contributed by atoms with van der Waals surface area (Å²) < 4.78 is 12.9. The van der Waals surface area contributed by atoms with E-state index in [1.165, 1.54) is 10.8 Å². The highest BCUT2D eigenvalue weighted by Crippen LogP contribution is 2.31. The number of hydrogen-bond acceptors (Lipinski definition) is 6. The summed E-state index contributed by atoms with van der Waals surface area (Å²) in [5.41, 5.74) is 0.962. The summed E-state index contributed by atoms with van der Waals surface area (Å²) in [7, 11) is 0. The molecule has 1 atom stereocenters. The summed E-state index contributed by atoms with van der Waals surface area (Å²) >= 11 is 0. The van der Waals surface area contributed by atoms with Crippen LogP contribution < -0.4 is 15.0 Å². The van der Waals surface area contributed by atoms with E-state index in [0.717, 1.165) is 0 Å². The summed E-state index contributed by atoms with van der Waals surface area (Å²) in [5, 5.41) is 0. The van der Waals surface area contributed by atoms with E-state index in [-0.39, 0.29) is 30.5 Å². The first-order valence-electron chi connectivity index (χ1n) is 10.5. The van der Waals surface area contributed by atoms with Gasteiger partial charge in [0.25, 0.3) is 11.5 Å². The zero-order valence-corrected chi connectivity index (χ0v) is 17.3. The second-order valence-electron chi connectivity index (χ2n) is 7.74. The molecule has 2 aliphatic heterocycles. The minimum atomic E-state index is -0.700. The van der Waals surface area contributed by atoms with Gasteiger partial charge in [0.2, 0.25) is 12.0 Å². The number of piperazine rings is 1. The van der Waals surface area contributed by atoms with Gasteiger partial charge in [-0.15, -0.1) is 0 Å². The molecule has 0 N–H and O–H groups in total. The maximum Gasteiger partial charge on any atom is 0.269 e. The van der Waals surface area contributed by atoms with Crippen LogP contribution >= 0.6 is 0 Å². The van der Waals surface area contributed by atoms with Crippen LogP contribution in [0.15, 0.2) is 59.5 Å². The lowest BCUT2D eigenvalue weighted by Gasteiger charge is -2.37. The van der Waals surface area contributed by atoms with Crippen LogP contribution in [0.3, 0.4) is 0 Å². The second kappa shape index (κ2) is 8.33. The Labute approximate surface area is 183 Å². The van der Waals surface area contributed by atoms with Gasteiger partial charge >= 0.3 is 0 Å². The highest BCUT2D eigenvalue weighted by molar-refractivity contribution is 5.83. The molecule has 164 valence electrons. The SMILES string of the molecule is O=C(Cn1c(=O)cnc2ccccc21)N1CCN(C(=O)C2COc3ccccc3O2)CC1. The van der Waals surface area contributed by atoms with Crippen LogP contribution in [-0.4, -0.2) is 70.1 Å². The van der Waals surface area contributed by atoms with Gasteiger partial charge in [-0.25, -0.2) is 4.98 Å². The molecular weight excluding hydrogens is 412 g/mol. The number of amides is 2. The number of nitrogens with zero attached hydrogens (tertiary/aromatic N) is 4. The summed E-state index contributed by atoms with van der Waals surface area (Å²) in [4.78, 5) is 45.6. The molecule has 3 heterocycles. The molecule has 5 rings (SSSR count). The van der Waals surface area contributed by atoms with Crippen molar-refractivity contribution in [1.82, 2.24) is 19.4 Å². The molecule has 9 nitrogen and oxygen atoms in total. The van der Waals surface area contributed by atoms with E-state index in [1.54, 1.807) is 34.1 Å². The largest absolute Gasteiger partial charge is 0.485 e. The van der Waals surface area contributed by atoms with E-state index < -0.39 is 6.10 Å². The predicted molar refractivity (Wildman–Crippen MR) is 116 cm³/mol. The van der Waals surface area contributed by atoms with Gasteiger partial charge in [0.05, 0.1) is 17.2 Å². The number of rotatable bonds is 3. The fraction of sp³-hybridized carbons (Fsp3) is 0.304. The quantitative estimate of drug-likeness (QED) is 0.608. The number of hydrogen-bond donors (Lipinski definition) is 0. The lowest BCUT2D eigenvalue weighted by Crippen LogP contribution is -2.55. The average Bonchev–Trinajstić information content (AvgIpc) is 2.85. The van der Waals surface area contributed by atoms with Crippen LogP contribution in [0.4, 0.5) is 0 Å². The normalized spacial score (nSPS) is 17.9. The Morgan fingerprint density at radius 1 is 0.938 bits per heavy atom. The molecule has 0 saturated carbocycles. The molecular formula is C23H22N4O5. The average molecular weight is 434 g/mol. The number of benzene rings is 2. The summed E-state index contributed by atoms with van der Waals surface area (Å²) in [6.45, 7) is 1.69. The highest BCUT2D eigenvalue weighted by atomic mass is 16.6. The standard InChI is InChI=1S/C23H22N4O5/c28-21-13-24-16-5-1-2-6-17(16)27(21)14-22(29)25-9-11-26(12-10-25)23(30)20-15-31-18-7-3-4-8-19(18)32-20/h1-8,13,20H,9-12,14-15H2. The third-order valence-corrected chi connectivity index (χ3v) is 5.77. The van der Waals surface area contributed by atoms with Gasteiger partial charge < -0.3 is 19.3 Å². The molecule has 2 aliphatic rings. The lowest BCUT2D eigenvalue weighted by molar-refractivity contribution is -0.146. The van der Waals surface area contributed by atoms with Crippen molar-refractivity contribution < 1.29 is 19.1 Å². The summed E-state index contributed by atoms with van der Waals surface area (Å²) in [5.74, 6) is 0.872. The van der Waals surface area contributed by atoms with Crippen molar-refractivity contribution in [3.8, 4) is 11.5 Å². The third kappa shape index (κ3) is 3.77. The molecule has 32 heavy (non-hydrogen) atoms. The Bertz CT molecular complexity index is 1230. The maximum atomic E-state index is 12.9. The van der Waals surface area contributed by atoms with Crippen LogP contribution in [0, 0.1) is 0 Å². The molecule has 1 saturated heterocycles. The Morgan fingerprint density at radius 3 is 2.44 bits per heavy atom. The molecule has 3 aromatic rings. The number of ether oxygens (including phenoxy) is 2.